The zero-order valence-electron chi connectivity index (χ0n) is 13.8. The number of carbonyl (C=O) groups is 2. The summed E-state index contributed by atoms with van der Waals surface area (Å²) in [7, 11) is -3.96. The lowest BCUT2D eigenvalue weighted by Crippen LogP contribution is -2.46. The van der Waals surface area contributed by atoms with Crippen LogP contribution >= 0.6 is 0 Å². The fourth-order valence-electron chi connectivity index (χ4n) is 2.83. The zero-order valence-corrected chi connectivity index (χ0v) is 14.6. The van der Waals surface area contributed by atoms with Gasteiger partial charge in [-0.2, -0.15) is 4.31 Å². The van der Waals surface area contributed by atoms with Crippen LogP contribution in [0.25, 0.3) is 0 Å². The van der Waals surface area contributed by atoms with E-state index in [4.69, 9.17) is 0 Å². The second-order valence-corrected chi connectivity index (χ2v) is 7.79. The average molecular weight is 354 g/mol. The Bertz CT molecular complexity index is 745. The van der Waals surface area contributed by atoms with E-state index in [9.17, 15) is 23.1 Å². The molecule has 0 aliphatic heterocycles. The van der Waals surface area contributed by atoms with Gasteiger partial charge < -0.3 is 10.4 Å². The number of fused-ring (bicyclic) bond motifs is 1. The third-order valence-corrected chi connectivity index (χ3v) is 6.14. The molecule has 0 saturated carbocycles. The van der Waals surface area contributed by atoms with Gasteiger partial charge in [0.25, 0.3) is 0 Å². The number of carbonyl (C=O) groups excluding carboxylic acids is 1. The molecular formula is C16H22N2O5S. The molecule has 7 nitrogen and oxygen atoms in total. The largest absolute Gasteiger partial charge is 0.480 e. The molecule has 8 heteroatoms. The molecule has 0 fully saturated rings. The van der Waals surface area contributed by atoms with Crippen LogP contribution in [0, 0.1) is 0 Å². The predicted molar refractivity (Wildman–Crippen MR) is 88.1 cm³/mol. The van der Waals surface area contributed by atoms with Crippen molar-refractivity contribution in [3.8, 4) is 0 Å². The quantitative estimate of drug-likeness (QED) is 0.753. The van der Waals surface area contributed by atoms with E-state index in [-0.39, 0.29) is 23.9 Å². The second-order valence-electron chi connectivity index (χ2n) is 5.90. The fraction of sp³-hybridized carbons (Fsp3) is 0.500. The molecule has 0 bridgehead atoms. The third kappa shape index (κ3) is 3.93. The summed E-state index contributed by atoms with van der Waals surface area (Å²) in [5.41, 5.74) is 2.14. The minimum atomic E-state index is -3.96. The molecule has 0 spiro atoms. The van der Waals surface area contributed by atoms with E-state index in [1.807, 2.05) is 0 Å². The molecule has 1 aromatic rings. The van der Waals surface area contributed by atoms with Crippen molar-refractivity contribution in [2.45, 2.75) is 44.0 Å². The number of carboxylic acid groups (broad SMARTS) is 1. The molecule has 1 amide bonds. The van der Waals surface area contributed by atoms with Gasteiger partial charge in [-0.05, 0) is 49.4 Å². The first-order chi connectivity index (χ1) is 11.2. The van der Waals surface area contributed by atoms with Gasteiger partial charge in [-0.15, -0.1) is 0 Å². The van der Waals surface area contributed by atoms with Crippen molar-refractivity contribution in [3.63, 3.8) is 0 Å². The Labute approximate surface area is 141 Å². The Hall–Kier alpha value is -1.93. The van der Waals surface area contributed by atoms with Gasteiger partial charge in [0.15, 0.2) is 0 Å². The van der Waals surface area contributed by atoms with Gasteiger partial charge in [0.2, 0.25) is 15.9 Å². The lowest BCUT2D eigenvalue weighted by Gasteiger charge is -2.26. The number of sulfonamides is 1. The summed E-state index contributed by atoms with van der Waals surface area (Å²) in [4.78, 5) is 22.4. The van der Waals surface area contributed by atoms with E-state index in [2.05, 4.69) is 5.32 Å². The lowest BCUT2D eigenvalue weighted by molar-refractivity contribution is -0.140. The number of hydrogen-bond donors (Lipinski definition) is 2. The second kappa shape index (κ2) is 7.31. The lowest BCUT2D eigenvalue weighted by atomic mass is 10.1. The average Bonchev–Trinajstić information content (AvgIpc) is 2.97. The number of nitrogens with zero attached hydrogens (tertiary/aromatic N) is 1. The highest BCUT2D eigenvalue weighted by Gasteiger charge is 2.33. The van der Waals surface area contributed by atoms with Gasteiger partial charge in [-0.3, -0.25) is 9.59 Å². The molecule has 132 valence electrons. The molecule has 0 aromatic heterocycles. The summed E-state index contributed by atoms with van der Waals surface area (Å²) >= 11 is 0. The maximum absolute atomic E-state index is 12.9. The summed E-state index contributed by atoms with van der Waals surface area (Å²) in [5.74, 6) is -1.53. The summed E-state index contributed by atoms with van der Waals surface area (Å²) in [5, 5.41) is 11.7. The van der Waals surface area contributed by atoms with Crippen molar-refractivity contribution >= 4 is 21.9 Å². The predicted octanol–water partition coefficient (Wildman–Crippen LogP) is 0.775. The van der Waals surface area contributed by atoms with E-state index in [1.54, 1.807) is 12.1 Å². The Morgan fingerprint density at radius 1 is 1.29 bits per heavy atom. The SMILES string of the molecule is CC(=O)NCCN(C(C)C(=O)O)S(=O)(=O)c1ccc2c(c1)CCC2. The zero-order chi connectivity index (χ0) is 17.9. The van der Waals surface area contributed by atoms with Crippen LogP contribution in [0.1, 0.15) is 31.4 Å². The molecule has 24 heavy (non-hydrogen) atoms. The number of aliphatic carboxylic acids is 1. The van der Waals surface area contributed by atoms with Crippen molar-refractivity contribution in [2.75, 3.05) is 13.1 Å². The van der Waals surface area contributed by atoms with E-state index in [0.717, 1.165) is 34.7 Å². The van der Waals surface area contributed by atoms with E-state index >= 15 is 0 Å². The van der Waals surface area contributed by atoms with Crippen LogP contribution in [0.2, 0.25) is 0 Å². The van der Waals surface area contributed by atoms with Crippen molar-refractivity contribution in [2.24, 2.45) is 0 Å². The van der Waals surface area contributed by atoms with Crippen LogP contribution in [0.15, 0.2) is 23.1 Å². The maximum atomic E-state index is 12.9. The van der Waals surface area contributed by atoms with Crippen molar-refractivity contribution in [1.82, 2.24) is 9.62 Å². The van der Waals surface area contributed by atoms with Gasteiger partial charge in [0, 0.05) is 20.0 Å². The van der Waals surface area contributed by atoms with Gasteiger partial charge >= 0.3 is 5.97 Å². The summed E-state index contributed by atoms with van der Waals surface area (Å²) in [6.45, 7) is 2.59. The normalized spacial score (nSPS) is 15.1. The van der Waals surface area contributed by atoms with E-state index < -0.39 is 22.0 Å². The number of benzene rings is 1. The number of rotatable bonds is 7. The van der Waals surface area contributed by atoms with Crippen molar-refractivity contribution in [3.05, 3.63) is 29.3 Å². The third-order valence-electron chi connectivity index (χ3n) is 4.17. The molecule has 1 aromatic carbocycles. The van der Waals surface area contributed by atoms with E-state index in [1.165, 1.54) is 19.9 Å². The fourth-order valence-corrected chi connectivity index (χ4v) is 4.47. The summed E-state index contributed by atoms with van der Waals surface area (Å²) in [6.07, 6.45) is 2.77. The highest BCUT2D eigenvalue weighted by atomic mass is 32.2. The maximum Gasteiger partial charge on any atom is 0.321 e. The first-order valence-corrected chi connectivity index (χ1v) is 9.28. The molecule has 1 aliphatic carbocycles. The number of amides is 1. The minimum absolute atomic E-state index is 0.0527. The smallest absolute Gasteiger partial charge is 0.321 e. The number of aryl methyl sites for hydroxylation is 2. The van der Waals surface area contributed by atoms with Crippen LogP contribution in [-0.4, -0.2) is 48.8 Å². The van der Waals surface area contributed by atoms with Crippen molar-refractivity contribution in [1.29, 1.82) is 0 Å². The van der Waals surface area contributed by atoms with Crippen LogP contribution in [-0.2, 0) is 32.5 Å². The Balaban J connectivity index is 2.31. The molecule has 1 aliphatic rings. The van der Waals surface area contributed by atoms with Crippen molar-refractivity contribution < 1.29 is 23.1 Å². The molecule has 1 unspecified atom stereocenters. The molecule has 0 heterocycles. The molecular weight excluding hydrogens is 332 g/mol. The van der Waals surface area contributed by atoms with Gasteiger partial charge in [0.05, 0.1) is 4.90 Å². The Kier molecular flexibility index (Phi) is 5.61. The summed E-state index contributed by atoms with van der Waals surface area (Å²) in [6, 6.07) is 3.74. The first-order valence-electron chi connectivity index (χ1n) is 7.84. The minimum Gasteiger partial charge on any atom is -0.480 e. The van der Waals surface area contributed by atoms with Crippen LogP contribution < -0.4 is 5.32 Å². The highest BCUT2D eigenvalue weighted by Crippen LogP contribution is 2.27. The van der Waals surface area contributed by atoms with E-state index in [0.29, 0.717) is 0 Å². The van der Waals surface area contributed by atoms with Crippen LogP contribution in [0.5, 0.6) is 0 Å². The monoisotopic (exact) mass is 354 g/mol. The highest BCUT2D eigenvalue weighted by molar-refractivity contribution is 7.89. The number of hydrogen-bond acceptors (Lipinski definition) is 4. The van der Waals surface area contributed by atoms with Gasteiger partial charge in [0.1, 0.15) is 6.04 Å². The molecule has 0 saturated heterocycles. The Morgan fingerprint density at radius 3 is 2.58 bits per heavy atom. The van der Waals surface area contributed by atoms with Crippen LogP contribution in [0.4, 0.5) is 0 Å². The molecule has 0 radical (unpaired) electrons. The van der Waals surface area contributed by atoms with Gasteiger partial charge in [-0.1, -0.05) is 6.07 Å². The number of carboxylic acids is 1. The molecule has 1 atom stereocenters. The first kappa shape index (κ1) is 18.4. The Morgan fingerprint density at radius 2 is 1.96 bits per heavy atom. The standard InChI is InChI=1S/C16H22N2O5S/c1-11(16(20)21)18(9-8-17-12(2)19)24(22,23)15-7-6-13-4-3-5-14(13)10-15/h6-7,10-11H,3-5,8-9H2,1-2H3,(H,17,19)(H,20,21). The topological polar surface area (TPSA) is 104 Å². The summed E-state index contributed by atoms with van der Waals surface area (Å²) < 4.78 is 26.7. The molecule has 2 rings (SSSR count). The van der Waals surface area contributed by atoms with Gasteiger partial charge in [-0.25, -0.2) is 8.42 Å². The molecule has 2 N–H and O–H groups in total. The number of nitrogens with one attached hydrogen (secondary N) is 1. The van der Waals surface area contributed by atoms with Crippen LogP contribution in [0.3, 0.4) is 0 Å².